The van der Waals surface area contributed by atoms with E-state index in [1.54, 1.807) is 0 Å². The molecule has 0 saturated carbocycles. The topological polar surface area (TPSA) is 21.3 Å². The molecule has 1 aliphatic rings. The van der Waals surface area contributed by atoms with E-state index < -0.39 is 0 Å². The summed E-state index contributed by atoms with van der Waals surface area (Å²) in [5.41, 5.74) is 0.104. The molecule has 1 saturated heterocycles. The fourth-order valence-corrected chi connectivity index (χ4v) is 3.25. The molecular weight excluding hydrogens is 230 g/mol. The van der Waals surface area contributed by atoms with Crippen LogP contribution in [0.25, 0.3) is 10.1 Å². The second kappa shape index (κ2) is 4.09. The molecule has 0 spiro atoms. The highest BCUT2D eigenvalue weighted by Crippen LogP contribution is 2.33. The Morgan fingerprint density at radius 3 is 2.88 bits per heavy atom. The Bertz CT molecular complexity index is 489. The molecule has 3 rings (SSSR count). The monoisotopic (exact) mass is 247 g/mol. The van der Waals surface area contributed by atoms with Gasteiger partial charge < -0.3 is 10.1 Å². The molecule has 0 radical (unpaired) electrons. The zero-order valence-electron chi connectivity index (χ0n) is 10.2. The minimum absolute atomic E-state index is 0.104. The first-order valence-corrected chi connectivity index (χ1v) is 6.81. The van der Waals surface area contributed by atoms with E-state index in [0.717, 1.165) is 13.2 Å². The van der Waals surface area contributed by atoms with Crippen LogP contribution in [0.3, 0.4) is 0 Å². The minimum atomic E-state index is 0.104. The molecule has 90 valence electrons. The van der Waals surface area contributed by atoms with Gasteiger partial charge in [-0.1, -0.05) is 18.2 Å². The summed E-state index contributed by atoms with van der Waals surface area (Å²) in [6.07, 6.45) is 0.209. The zero-order chi connectivity index (χ0) is 11.9. The summed E-state index contributed by atoms with van der Waals surface area (Å²) in [6.45, 7) is 6.02. The molecule has 2 aromatic rings. The quantitative estimate of drug-likeness (QED) is 0.834. The van der Waals surface area contributed by atoms with Crippen LogP contribution in [-0.2, 0) is 4.74 Å². The molecule has 1 atom stereocenters. The van der Waals surface area contributed by atoms with E-state index in [4.69, 9.17) is 4.74 Å². The van der Waals surface area contributed by atoms with Crippen LogP contribution in [0.2, 0.25) is 0 Å². The number of thiophene rings is 1. The van der Waals surface area contributed by atoms with Crippen LogP contribution in [0, 0.1) is 0 Å². The standard InChI is InChI=1S/C14H17NOS/c1-14(2)9-16-11(8-15-14)13-7-10-5-3-4-6-12(10)17-13/h3-7,11,15H,8-9H2,1-2H3. The molecule has 0 aliphatic carbocycles. The van der Waals surface area contributed by atoms with Crippen molar-refractivity contribution in [3.05, 3.63) is 35.2 Å². The van der Waals surface area contributed by atoms with E-state index in [9.17, 15) is 0 Å². The highest BCUT2D eigenvalue weighted by Gasteiger charge is 2.28. The van der Waals surface area contributed by atoms with Gasteiger partial charge in [0.2, 0.25) is 0 Å². The second-order valence-electron chi connectivity index (χ2n) is 5.25. The SMILES string of the molecule is CC1(C)COC(c2cc3ccccc3s2)CN1. The summed E-state index contributed by atoms with van der Waals surface area (Å²) in [4.78, 5) is 1.33. The summed E-state index contributed by atoms with van der Waals surface area (Å²) in [5, 5.41) is 4.85. The number of fused-ring (bicyclic) bond motifs is 1. The van der Waals surface area contributed by atoms with E-state index in [0.29, 0.717) is 0 Å². The van der Waals surface area contributed by atoms with Crippen molar-refractivity contribution in [1.29, 1.82) is 0 Å². The van der Waals surface area contributed by atoms with Crippen LogP contribution in [0.15, 0.2) is 30.3 Å². The molecule has 2 heterocycles. The Morgan fingerprint density at radius 2 is 2.18 bits per heavy atom. The van der Waals surface area contributed by atoms with Crippen molar-refractivity contribution in [3.63, 3.8) is 0 Å². The van der Waals surface area contributed by atoms with Crippen molar-refractivity contribution in [2.24, 2.45) is 0 Å². The summed E-state index contributed by atoms with van der Waals surface area (Å²) in [7, 11) is 0. The van der Waals surface area contributed by atoms with E-state index >= 15 is 0 Å². The van der Waals surface area contributed by atoms with Crippen molar-refractivity contribution < 1.29 is 4.74 Å². The van der Waals surface area contributed by atoms with Crippen LogP contribution < -0.4 is 5.32 Å². The lowest BCUT2D eigenvalue weighted by Crippen LogP contribution is -2.50. The minimum Gasteiger partial charge on any atom is -0.369 e. The van der Waals surface area contributed by atoms with Gasteiger partial charge in [0.1, 0.15) is 6.10 Å². The third kappa shape index (κ3) is 2.23. The highest BCUT2D eigenvalue weighted by atomic mass is 32.1. The molecule has 1 aliphatic heterocycles. The van der Waals surface area contributed by atoms with Crippen LogP contribution >= 0.6 is 11.3 Å². The van der Waals surface area contributed by atoms with Gasteiger partial charge in [0.25, 0.3) is 0 Å². The lowest BCUT2D eigenvalue weighted by molar-refractivity contribution is -0.0210. The lowest BCUT2D eigenvalue weighted by Gasteiger charge is -2.35. The van der Waals surface area contributed by atoms with Gasteiger partial charge in [-0.2, -0.15) is 0 Å². The maximum atomic E-state index is 5.96. The Labute approximate surface area is 106 Å². The van der Waals surface area contributed by atoms with Crippen molar-refractivity contribution in [2.45, 2.75) is 25.5 Å². The predicted molar refractivity (Wildman–Crippen MR) is 72.6 cm³/mol. The summed E-state index contributed by atoms with van der Waals surface area (Å²) in [6, 6.07) is 10.8. The smallest absolute Gasteiger partial charge is 0.104 e. The van der Waals surface area contributed by atoms with Gasteiger partial charge in [-0.15, -0.1) is 11.3 Å². The number of morpholine rings is 1. The molecule has 3 heteroatoms. The normalized spacial score (nSPS) is 24.0. The maximum Gasteiger partial charge on any atom is 0.104 e. The fraction of sp³-hybridized carbons (Fsp3) is 0.429. The lowest BCUT2D eigenvalue weighted by atomic mass is 10.0. The molecule has 1 unspecified atom stereocenters. The number of benzene rings is 1. The van der Waals surface area contributed by atoms with Gasteiger partial charge in [0.05, 0.1) is 6.61 Å². The molecule has 1 aromatic carbocycles. The van der Waals surface area contributed by atoms with Crippen molar-refractivity contribution in [2.75, 3.05) is 13.2 Å². The predicted octanol–water partition coefficient (Wildman–Crippen LogP) is 3.34. The summed E-state index contributed by atoms with van der Waals surface area (Å²) >= 11 is 1.84. The second-order valence-corrected chi connectivity index (χ2v) is 6.37. The van der Waals surface area contributed by atoms with Crippen molar-refractivity contribution >= 4 is 21.4 Å². The number of ether oxygens (including phenoxy) is 1. The molecule has 2 nitrogen and oxygen atoms in total. The molecule has 17 heavy (non-hydrogen) atoms. The Morgan fingerprint density at radius 1 is 1.35 bits per heavy atom. The first kappa shape index (κ1) is 11.2. The van der Waals surface area contributed by atoms with Gasteiger partial charge in [-0.3, -0.25) is 0 Å². The number of nitrogens with one attached hydrogen (secondary N) is 1. The third-order valence-corrected chi connectivity index (χ3v) is 4.38. The van der Waals surface area contributed by atoms with Crippen LogP contribution in [0.1, 0.15) is 24.8 Å². The van der Waals surface area contributed by atoms with Gasteiger partial charge >= 0.3 is 0 Å². The number of hydrogen-bond donors (Lipinski definition) is 1. The highest BCUT2D eigenvalue weighted by molar-refractivity contribution is 7.19. The van der Waals surface area contributed by atoms with Gasteiger partial charge in [-0.25, -0.2) is 0 Å². The molecular formula is C14H17NOS. The summed E-state index contributed by atoms with van der Waals surface area (Å²) < 4.78 is 7.30. The number of rotatable bonds is 1. The number of hydrogen-bond acceptors (Lipinski definition) is 3. The zero-order valence-corrected chi connectivity index (χ0v) is 11.0. The van der Waals surface area contributed by atoms with E-state index in [1.165, 1.54) is 15.0 Å². The van der Waals surface area contributed by atoms with Gasteiger partial charge in [0.15, 0.2) is 0 Å². The average molecular weight is 247 g/mol. The van der Waals surface area contributed by atoms with Crippen molar-refractivity contribution in [1.82, 2.24) is 5.32 Å². The molecule has 0 amide bonds. The van der Waals surface area contributed by atoms with E-state index in [2.05, 4.69) is 49.5 Å². The Kier molecular flexibility index (Phi) is 2.69. The molecule has 1 N–H and O–H groups in total. The van der Waals surface area contributed by atoms with Crippen molar-refractivity contribution in [3.8, 4) is 0 Å². The van der Waals surface area contributed by atoms with E-state index in [1.807, 2.05) is 11.3 Å². The maximum absolute atomic E-state index is 5.96. The Hall–Kier alpha value is -0.900. The van der Waals surface area contributed by atoms with E-state index in [-0.39, 0.29) is 11.6 Å². The third-order valence-electron chi connectivity index (χ3n) is 3.17. The van der Waals surface area contributed by atoms with Crippen LogP contribution in [0.4, 0.5) is 0 Å². The van der Waals surface area contributed by atoms with Gasteiger partial charge in [0, 0.05) is 21.7 Å². The fourth-order valence-electron chi connectivity index (χ4n) is 2.13. The largest absolute Gasteiger partial charge is 0.369 e. The average Bonchev–Trinajstić information content (AvgIpc) is 2.72. The molecule has 1 aromatic heterocycles. The van der Waals surface area contributed by atoms with Gasteiger partial charge in [-0.05, 0) is 31.4 Å². The van der Waals surface area contributed by atoms with Crippen LogP contribution in [0.5, 0.6) is 0 Å². The Balaban J connectivity index is 1.85. The van der Waals surface area contributed by atoms with Crippen LogP contribution in [-0.4, -0.2) is 18.7 Å². The first-order chi connectivity index (χ1) is 8.14. The molecule has 1 fully saturated rings. The summed E-state index contributed by atoms with van der Waals surface area (Å²) in [5.74, 6) is 0. The molecule has 0 bridgehead atoms. The first-order valence-electron chi connectivity index (χ1n) is 5.99.